The number of rotatable bonds is 3. The maximum atomic E-state index is 10.2. The molecule has 0 radical (unpaired) electrons. The monoisotopic (exact) mass is 192 g/mol. The molecule has 0 fully saturated rings. The SMILES string of the molecule is Cl.NC(Cc1cocn1)C(=O)O. The number of nitrogens with zero attached hydrogens (tertiary/aromatic N) is 1. The molecule has 0 aliphatic rings. The van der Waals surface area contributed by atoms with E-state index >= 15 is 0 Å². The minimum absolute atomic E-state index is 0. The van der Waals surface area contributed by atoms with Gasteiger partial charge in [-0.05, 0) is 0 Å². The van der Waals surface area contributed by atoms with Crippen molar-refractivity contribution in [2.75, 3.05) is 0 Å². The number of hydrogen-bond acceptors (Lipinski definition) is 4. The van der Waals surface area contributed by atoms with Gasteiger partial charge >= 0.3 is 5.97 Å². The highest BCUT2D eigenvalue weighted by atomic mass is 35.5. The molecule has 1 aromatic heterocycles. The summed E-state index contributed by atoms with van der Waals surface area (Å²) in [5, 5.41) is 8.40. The highest BCUT2D eigenvalue weighted by Gasteiger charge is 2.12. The molecule has 1 heterocycles. The van der Waals surface area contributed by atoms with Crippen molar-refractivity contribution in [3.05, 3.63) is 18.4 Å². The third kappa shape index (κ3) is 2.89. The maximum Gasteiger partial charge on any atom is 0.320 e. The molecule has 0 aliphatic heterocycles. The van der Waals surface area contributed by atoms with Gasteiger partial charge in [0, 0.05) is 6.42 Å². The van der Waals surface area contributed by atoms with Gasteiger partial charge in [-0.15, -0.1) is 12.4 Å². The van der Waals surface area contributed by atoms with Gasteiger partial charge in [-0.25, -0.2) is 4.98 Å². The van der Waals surface area contributed by atoms with Gasteiger partial charge < -0.3 is 15.3 Å². The van der Waals surface area contributed by atoms with Crippen LogP contribution in [0.5, 0.6) is 0 Å². The van der Waals surface area contributed by atoms with Crippen LogP contribution in [-0.4, -0.2) is 22.1 Å². The van der Waals surface area contributed by atoms with Crippen LogP contribution < -0.4 is 5.73 Å². The summed E-state index contributed by atoms with van der Waals surface area (Å²) in [6, 6.07) is -0.903. The van der Waals surface area contributed by atoms with Crippen molar-refractivity contribution in [3.8, 4) is 0 Å². The molecule has 5 nitrogen and oxygen atoms in total. The molecular formula is C6H9ClN2O3. The van der Waals surface area contributed by atoms with Crippen molar-refractivity contribution in [2.45, 2.75) is 12.5 Å². The quantitative estimate of drug-likeness (QED) is 0.707. The van der Waals surface area contributed by atoms with Crippen LogP contribution in [0.25, 0.3) is 0 Å². The number of carboxylic acids is 1. The second kappa shape index (κ2) is 4.74. The number of halogens is 1. The van der Waals surface area contributed by atoms with Crippen molar-refractivity contribution in [3.63, 3.8) is 0 Å². The molecule has 12 heavy (non-hydrogen) atoms. The van der Waals surface area contributed by atoms with Crippen LogP contribution in [-0.2, 0) is 11.2 Å². The summed E-state index contributed by atoms with van der Waals surface area (Å²) in [6.45, 7) is 0. The first-order chi connectivity index (χ1) is 5.20. The Hall–Kier alpha value is -1.07. The molecule has 1 unspecified atom stereocenters. The van der Waals surface area contributed by atoms with E-state index < -0.39 is 12.0 Å². The van der Waals surface area contributed by atoms with Gasteiger partial charge in [-0.3, -0.25) is 4.79 Å². The van der Waals surface area contributed by atoms with E-state index in [4.69, 9.17) is 10.8 Å². The Morgan fingerprint density at radius 2 is 2.50 bits per heavy atom. The largest absolute Gasteiger partial charge is 0.480 e. The Morgan fingerprint density at radius 1 is 1.83 bits per heavy atom. The molecule has 68 valence electrons. The van der Waals surface area contributed by atoms with E-state index in [1.807, 2.05) is 0 Å². The Kier molecular flexibility index (Phi) is 4.31. The van der Waals surface area contributed by atoms with Gasteiger partial charge in [0.05, 0.1) is 5.69 Å². The van der Waals surface area contributed by atoms with Crippen molar-refractivity contribution >= 4 is 18.4 Å². The second-order valence-electron chi connectivity index (χ2n) is 2.13. The predicted molar refractivity (Wildman–Crippen MR) is 43.1 cm³/mol. The third-order valence-electron chi connectivity index (χ3n) is 1.23. The first kappa shape index (κ1) is 10.9. The van der Waals surface area contributed by atoms with Crippen molar-refractivity contribution < 1.29 is 14.3 Å². The molecule has 3 N–H and O–H groups in total. The van der Waals surface area contributed by atoms with Crippen LogP contribution in [0, 0.1) is 0 Å². The van der Waals surface area contributed by atoms with Crippen LogP contribution in [0.3, 0.4) is 0 Å². The standard InChI is InChI=1S/C6H8N2O3.ClH/c7-5(6(9)10)1-4-2-11-3-8-4;/h2-3,5H,1,7H2,(H,9,10);1H. The summed E-state index contributed by atoms with van der Waals surface area (Å²) in [5.74, 6) is -1.03. The average molecular weight is 193 g/mol. The van der Waals surface area contributed by atoms with E-state index in [1.54, 1.807) is 0 Å². The normalized spacial score (nSPS) is 11.8. The van der Waals surface area contributed by atoms with E-state index in [1.165, 1.54) is 12.7 Å². The Labute approximate surface area is 75.0 Å². The molecule has 0 saturated heterocycles. The number of aromatic nitrogens is 1. The van der Waals surface area contributed by atoms with Gasteiger partial charge in [0.15, 0.2) is 6.39 Å². The van der Waals surface area contributed by atoms with Gasteiger partial charge in [0.1, 0.15) is 12.3 Å². The molecule has 1 rings (SSSR count). The highest BCUT2D eigenvalue weighted by Crippen LogP contribution is 1.97. The van der Waals surface area contributed by atoms with E-state index in [-0.39, 0.29) is 18.8 Å². The number of hydrogen-bond donors (Lipinski definition) is 2. The lowest BCUT2D eigenvalue weighted by Gasteiger charge is -2.00. The van der Waals surface area contributed by atoms with Crippen molar-refractivity contribution in [2.24, 2.45) is 5.73 Å². The zero-order valence-electron chi connectivity index (χ0n) is 6.14. The van der Waals surface area contributed by atoms with Gasteiger partial charge in [0.25, 0.3) is 0 Å². The highest BCUT2D eigenvalue weighted by molar-refractivity contribution is 5.85. The fraction of sp³-hybridized carbons (Fsp3) is 0.333. The maximum absolute atomic E-state index is 10.2. The molecule has 0 amide bonds. The molecule has 0 aliphatic carbocycles. The molecule has 6 heteroatoms. The van der Waals surface area contributed by atoms with Gasteiger partial charge in [0.2, 0.25) is 0 Å². The number of oxazole rings is 1. The average Bonchev–Trinajstić information content (AvgIpc) is 2.39. The van der Waals surface area contributed by atoms with E-state index in [2.05, 4.69) is 9.40 Å². The minimum atomic E-state index is -1.03. The topological polar surface area (TPSA) is 89.4 Å². The molecule has 0 aromatic carbocycles. The lowest BCUT2D eigenvalue weighted by atomic mass is 10.2. The fourth-order valence-corrected chi connectivity index (χ4v) is 0.651. The molecule has 0 bridgehead atoms. The summed E-state index contributed by atoms with van der Waals surface area (Å²) in [7, 11) is 0. The van der Waals surface area contributed by atoms with Gasteiger partial charge in [-0.1, -0.05) is 0 Å². The van der Waals surface area contributed by atoms with Crippen LogP contribution in [0.15, 0.2) is 17.1 Å². The molecular weight excluding hydrogens is 184 g/mol. The van der Waals surface area contributed by atoms with Crippen LogP contribution in [0.2, 0.25) is 0 Å². The Bertz CT molecular complexity index is 237. The molecule has 1 atom stereocenters. The summed E-state index contributed by atoms with van der Waals surface area (Å²) in [6.07, 6.45) is 2.82. The first-order valence-corrected chi connectivity index (χ1v) is 3.05. The smallest absolute Gasteiger partial charge is 0.320 e. The fourth-order valence-electron chi connectivity index (χ4n) is 0.651. The van der Waals surface area contributed by atoms with Crippen LogP contribution >= 0.6 is 12.4 Å². The molecule has 0 spiro atoms. The number of carbonyl (C=O) groups is 1. The second-order valence-corrected chi connectivity index (χ2v) is 2.13. The summed E-state index contributed by atoms with van der Waals surface area (Å²) in [5.41, 5.74) is 5.78. The minimum Gasteiger partial charge on any atom is -0.480 e. The lowest BCUT2D eigenvalue weighted by molar-refractivity contribution is -0.138. The summed E-state index contributed by atoms with van der Waals surface area (Å²) < 4.78 is 4.64. The third-order valence-corrected chi connectivity index (χ3v) is 1.23. The number of aliphatic carboxylic acids is 1. The first-order valence-electron chi connectivity index (χ1n) is 3.05. The van der Waals surface area contributed by atoms with Crippen LogP contribution in [0.4, 0.5) is 0 Å². The Balaban J connectivity index is 0.00000121. The van der Waals surface area contributed by atoms with Gasteiger partial charge in [-0.2, -0.15) is 0 Å². The predicted octanol–water partition coefficient (Wildman–Crippen LogP) is 0.0508. The molecule has 0 saturated carbocycles. The summed E-state index contributed by atoms with van der Waals surface area (Å²) >= 11 is 0. The zero-order valence-corrected chi connectivity index (χ0v) is 6.95. The zero-order chi connectivity index (χ0) is 8.27. The van der Waals surface area contributed by atoms with Crippen molar-refractivity contribution in [1.82, 2.24) is 4.98 Å². The van der Waals surface area contributed by atoms with E-state index in [9.17, 15) is 4.79 Å². The number of nitrogens with two attached hydrogens (primary N) is 1. The number of carboxylic acid groups (broad SMARTS) is 1. The van der Waals surface area contributed by atoms with E-state index in [0.29, 0.717) is 5.69 Å². The lowest BCUT2D eigenvalue weighted by Crippen LogP contribution is -2.32. The van der Waals surface area contributed by atoms with Crippen molar-refractivity contribution in [1.29, 1.82) is 0 Å². The van der Waals surface area contributed by atoms with Crippen LogP contribution in [0.1, 0.15) is 5.69 Å². The van der Waals surface area contributed by atoms with E-state index in [0.717, 1.165) is 0 Å². The Morgan fingerprint density at radius 3 is 2.92 bits per heavy atom. The summed E-state index contributed by atoms with van der Waals surface area (Å²) in [4.78, 5) is 14.0. The molecule has 1 aromatic rings.